The van der Waals surface area contributed by atoms with Gasteiger partial charge < -0.3 is 4.23 Å². The van der Waals surface area contributed by atoms with Gasteiger partial charge in [-0.05, 0) is 46.7 Å². The summed E-state index contributed by atoms with van der Waals surface area (Å²) in [5, 5.41) is 3.48. The van der Waals surface area contributed by atoms with Crippen LogP contribution in [-0.2, 0) is 0 Å². The molecule has 0 spiro atoms. The summed E-state index contributed by atoms with van der Waals surface area (Å²) in [5.74, 6) is 0. The van der Waals surface area contributed by atoms with Gasteiger partial charge in [-0.1, -0.05) is 70.2 Å². The van der Waals surface area contributed by atoms with E-state index in [1.54, 1.807) is 10.4 Å². The molecule has 122 valence electrons. The molecule has 3 rings (SSSR count). The van der Waals surface area contributed by atoms with Crippen molar-refractivity contribution in [2.24, 2.45) is 0 Å². The molecular weight excluding hydrogens is 310 g/mol. The Labute approximate surface area is 143 Å². The van der Waals surface area contributed by atoms with Crippen LogP contribution in [0.4, 0.5) is 5.69 Å². The molecule has 0 aliphatic carbocycles. The van der Waals surface area contributed by atoms with E-state index in [1.807, 2.05) is 0 Å². The van der Waals surface area contributed by atoms with Crippen LogP contribution >= 0.6 is 0 Å². The van der Waals surface area contributed by atoms with Crippen LogP contribution < -0.4 is 14.6 Å². The third-order valence-electron chi connectivity index (χ3n) is 6.14. The molecule has 2 aromatic carbocycles. The third-order valence-corrected chi connectivity index (χ3v) is 18.7. The topological polar surface area (TPSA) is 3.24 Å². The SMILES string of the molecule is CC[Si]1(CC)c2ccccc2[Si](CC)(CC)N1c1ccccc1. The largest absolute Gasteiger partial charge is 0.417 e. The van der Waals surface area contributed by atoms with E-state index in [9.17, 15) is 0 Å². The summed E-state index contributed by atoms with van der Waals surface area (Å²) >= 11 is 0. The van der Waals surface area contributed by atoms with Crippen LogP contribution in [0.2, 0.25) is 24.2 Å². The van der Waals surface area contributed by atoms with Gasteiger partial charge in [-0.25, -0.2) is 0 Å². The van der Waals surface area contributed by atoms with Crippen LogP contribution in [0, 0.1) is 0 Å². The van der Waals surface area contributed by atoms with E-state index >= 15 is 0 Å². The van der Waals surface area contributed by atoms with Gasteiger partial charge in [-0.15, -0.1) is 0 Å². The summed E-state index contributed by atoms with van der Waals surface area (Å²) in [7, 11) is -3.31. The van der Waals surface area contributed by atoms with E-state index in [-0.39, 0.29) is 0 Å². The lowest BCUT2D eigenvalue weighted by atomic mass is 10.3. The van der Waals surface area contributed by atoms with Crippen molar-refractivity contribution < 1.29 is 0 Å². The molecule has 0 unspecified atom stereocenters. The molecule has 0 amide bonds. The Morgan fingerprint density at radius 3 is 1.39 bits per heavy atom. The Morgan fingerprint density at radius 1 is 0.609 bits per heavy atom. The van der Waals surface area contributed by atoms with E-state index in [2.05, 4.69) is 86.5 Å². The first kappa shape index (κ1) is 16.5. The van der Waals surface area contributed by atoms with Crippen molar-refractivity contribution in [1.82, 2.24) is 0 Å². The zero-order valence-corrected chi connectivity index (χ0v) is 17.0. The lowest BCUT2D eigenvalue weighted by Gasteiger charge is -2.47. The van der Waals surface area contributed by atoms with Gasteiger partial charge in [-0.2, -0.15) is 0 Å². The lowest BCUT2D eigenvalue weighted by Crippen LogP contribution is -2.65. The molecule has 2 aromatic rings. The molecule has 0 radical (unpaired) electrons. The molecule has 1 nitrogen and oxygen atoms in total. The highest BCUT2D eigenvalue weighted by Crippen LogP contribution is 2.39. The third kappa shape index (κ3) is 2.17. The molecule has 0 atom stereocenters. The quantitative estimate of drug-likeness (QED) is 0.720. The molecular formula is C20H29NSi2. The monoisotopic (exact) mass is 339 g/mol. The summed E-state index contributed by atoms with van der Waals surface area (Å²) < 4.78 is 3.03. The van der Waals surface area contributed by atoms with E-state index in [4.69, 9.17) is 0 Å². The summed E-state index contributed by atoms with van der Waals surface area (Å²) in [6.45, 7) is 9.72. The predicted octanol–water partition coefficient (Wildman–Crippen LogP) is 4.59. The second-order valence-electron chi connectivity index (χ2n) is 6.69. The second-order valence-corrected chi connectivity index (χ2v) is 16.1. The molecule has 1 heterocycles. The van der Waals surface area contributed by atoms with E-state index in [0.717, 1.165) is 0 Å². The summed E-state index contributed by atoms with van der Waals surface area (Å²) in [6.07, 6.45) is 0. The van der Waals surface area contributed by atoms with Crippen LogP contribution in [0.5, 0.6) is 0 Å². The van der Waals surface area contributed by atoms with Crippen molar-refractivity contribution in [3.63, 3.8) is 0 Å². The Hall–Kier alpha value is -1.33. The number of fused-ring (bicyclic) bond motifs is 1. The molecule has 1 aliphatic heterocycles. The van der Waals surface area contributed by atoms with Gasteiger partial charge in [-0.3, -0.25) is 0 Å². The van der Waals surface area contributed by atoms with E-state index in [0.29, 0.717) is 0 Å². The molecule has 0 N–H and O–H groups in total. The molecule has 0 aromatic heterocycles. The highest BCUT2D eigenvalue weighted by Gasteiger charge is 2.57. The van der Waals surface area contributed by atoms with Crippen molar-refractivity contribution in [3.8, 4) is 0 Å². The average Bonchev–Trinajstić information content (AvgIpc) is 2.89. The van der Waals surface area contributed by atoms with Gasteiger partial charge in [0.25, 0.3) is 0 Å². The Morgan fingerprint density at radius 2 is 1.00 bits per heavy atom. The van der Waals surface area contributed by atoms with Gasteiger partial charge in [0.1, 0.15) is 0 Å². The number of hydrogen-bond acceptors (Lipinski definition) is 1. The second kappa shape index (κ2) is 6.29. The maximum Gasteiger partial charge on any atom is 0.179 e. The molecule has 1 aliphatic rings. The Bertz CT molecular complexity index is 621. The van der Waals surface area contributed by atoms with Gasteiger partial charge in [0, 0.05) is 5.69 Å². The van der Waals surface area contributed by atoms with Crippen molar-refractivity contribution in [2.45, 2.75) is 51.9 Å². The maximum absolute atomic E-state index is 3.03. The number of para-hydroxylation sites is 1. The fourth-order valence-electron chi connectivity index (χ4n) is 4.91. The summed E-state index contributed by atoms with van der Waals surface area (Å²) in [4.78, 5) is 0. The highest BCUT2D eigenvalue weighted by molar-refractivity contribution is 7.19. The Balaban J connectivity index is 2.34. The minimum Gasteiger partial charge on any atom is -0.417 e. The van der Waals surface area contributed by atoms with Crippen molar-refractivity contribution in [2.75, 3.05) is 4.23 Å². The zero-order valence-electron chi connectivity index (χ0n) is 15.0. The van der Waals surface area contributed by atoms with Gasteiger partial charge in [0.05, 0.1) is 0 Å². The standard InChI is InChI=1S/C20H29NSi2/c1-5-22(6-2)19-16-12-13-17-20(19)23(7-3,8-4)21(22)18-14-10-9-11-15-18/h9-17H,5-8H2,1-4H3. The normalized spacial score (nSPS) is 18.0. The van der Waals surface area contributed by atoms with Crippen LogP contribution in [0.25, 0.3) is 0 Å². The molecule has 0 saturated carbocycles. The van der Waals surface area contributed by atoms with E-state index in [1.165, 1.54) is 29.9 Å². The predicted molar refractivity (Wildman–Crippen MR) is 108 cm³/mol. The minimum atomic E-state index is -1.65. The van der Waals surface area contributed by atoms with Crippen LogP contribution in [0.1, 0.15) is 27.7 Å². The van der Waals surface area contributed by atoms with Crippen molar-refractivity contribution >= 4 is 32.5 Å². The van der Waals surface area contributed by atoms with Crippen LogP contribution in [0.15, 0.2) is 54.6 Å². The average molecular weight is 340 g/mol. The zero-order chi connectivity index (χ0) is 16.5. The van der Waals surface area contributed by atoms with Gasteiger partial charge >= 0.3 is 0 Å². The molecule has 0 saturated heterocycles. The lowest BCUT2D eigenvalue weighted by molar-refractivity contribution is 1.17. The first-order chi connectivity index (χ1) is 11.2. The number of nitrogens with zero attached hydrogens (tertiary/aromatic N) is 1. The smallest absolute Gasteiger partial charge is 0.179 e. The minimum absolute atomic E-state index is 1.31. The number of hydrogen-bond donors (Lipinski definition) is 0. The number of rotatable bonds is 5. The van der Waals surface area contributed by atoms with Crippen molar-refractivity contribution in [3.05, 3.63) is 54.6 Å². The first-order valence-electron chi connectivity index (χ1n) is 9.15. The first-order valence-corrected chi connectivity index (χ1v) is 13.9. The van der Waals surface area contributed by atoms with Gasteiger partial charge in [0.2, 0.25) is 0 Å². The maximum atomic E-state index is 3.03. The summed E-state index contributed by atoms with van der Waals surface area (Å²) in [5.41, 5.74) is 1.48. The van der Waals surface area contributed by atoms with Crippen LogP contribution in [-0.4, -0.2) is 16.5 Å². The van der Waals surface area contributed by atoms with Crippen LogP contribution in [0.3, 0.4) is 0 Å². The molecule has 0 bridgehead atoms. The molecule has 23 heavy (non-hydrogen) atoms. The van der Waals surface area contributed by atoms with Gasteiger partial charge in [0.15, 0.2) is 16.5 Å². The van der Waals surface area contributed by atoms with Crippen molar-refractivity contribution in [1.29, 1.82) is 0 Å². The fourth-order valence-corrected chi connectivity index (χ4v) is 19.7. The molecule has 3 heteroatoms. The van der Waals surface area contributed by atoms with E-state index < -0.39 is 16.5 Å². The summed E-state index contributed by atoms with van der Waals surface area (Å²) in [6, 6.07) is 26.0. The highest BCUT2D eigenvalue weighted by atomic mass is 28.4. The number of anilines is 1. The fraction of sp³-hybridized carbons (Fsp3) is 0.400. The Kier molecular flexibility index (Phi) is 4.52. The molecule has 0 fully saturated rings. The number of benzene rings is 2.